The second-order valence-corrected chi connectivity index (χ2v) is 9.24. The van der Waals surface area contributed by atoms with Crippen LogP contribution in [0, 0.1) is 6.92 Å². The maximum atomic E-state index is 13.1. The summed E-state index contributed by atoms with van der Waals surface area (Å²) in [5, 5.41) is 2.63. The summed E-state index contributed by atoms with van der Waals surface area (Å²) in [6, 6.07) is 12.9. The summed E-state index contributed by atoms with van der Waals surface area (Å²) in [7, 11) is -2.16. The van der Waals surface area contributed by atoms with Gasteiger partial charge < -0.3 is 15.0 Å². The minimum Gasteiger partial charge on any atom is -0.495 e. The van der Waals surface area contributed by atoms with E-state index in [0.717, 1.165) is 19.6 Å². The minimum absolute atomic E-state index is 0.157. The summed E-state index contributed by atoms with van der Waals surface area (Å²) < 4.78 is 32.9. The van der Waals surface area contributed by atoms with Crippen molar-refractivity contribution in [3.05, 3.63) is 53.6 Å². The summed E-state index contributed by atoms with van der Waals surface area (Å²) in [6.07, 6.45) is 0. The first kappa shape index (κ1) is 21.3. The zero-order chi connectivity index (χ0) is 21.0. The van der Waals surface area contributed by atoms with Gasteiger partial charge in [0.2, 0.25) is 15.9 Å². The van der Waals surface area contributed by atoms with Crippen LogP contribution in [0.4, 0.5) is 5.69 Å². The van der Waals surface area contributed by atoms with Gasteiger partial charge in [0.05, 0.1) is 43.9 Å². The van der Waals surface area contributed by atoms with Crippen molar-refractivity contribution >= 4 is 21.6 Å². The Morgan fingerprint density at radius 1 is 1.17 bits per heavy atom. The Morgan fingerprint density at radius 2 is 1.86 bits per heavy atom. The largest absolute Gasteiger partial charge is 0.495 e. The van der Waals surface area contributed by atoms with Crippen LogP contribution in [0.1, 0.15) is 18.1 Å². The molecule has 0 unspecified atom stereocenters. The van der Waals surface area contributed by atoms with Gasteiger partial charge in [-0.2, -0.15) is 4.31 Å². The number of nitrogens with zero attached hydrogens (tertiary/aromatic N) is 1. The second kappa shape index (κ2) is 8.94. The number of ether oxygens (including phenoxy) is 1. The third-order valence-electron chi connectivity index (χ3n) is 5.25. The molecule has 8 heteroatoms. The number of carbonyl (C=O) groups excluding carboxylic acids is 1. The van der Waals surface area contributed by atoms with Gasteiger partial charge in [0, 0.05) is 12.5 Å². The molecule has 0 bridgehead atoms. The lowest BCUT2D eigenvalue weighted by Gasteiger charge is -2.32. The molecule has 0 radical (unpaired) electrons. The van der Waals surface area contributed by atoms with E-state index in [1.54, 1.807) is 6.07 Å². The Hall–Kier alpha value is -2.42. The van der Waals surface area contributed by atoms with Crippen LogP contribution < -0.4 is 15.0 Å². The molecule has 2 aromatic carbocycles. The number of quaternary nitrogens is 1. The standard InChI is InChI=1S/C21H27N3O4S/c1-16-6-4-5-7-18(16)15-23-10-12-24(13-11-23)29(26,27)19-8-9-21(28-3)20(14-19)22-17(2)25/h4-9,14H,10-13,15H2,1-3H3,(H,22,25)/p+1. The van der Waals surface area contributed by atoms with Crippen molar-refractivity contribution in [1.29, 1.82) is 0 Å². The van der Waals surface area contributed by atoms with Crippen molar-refractivity contribution in [1.82, 2.24) is 4.31 Å². The lowest BCUT2D eigenvalue weighted by molar-refractivity contribution is -0.917. The van der Waals surface area contributed by atoms with Gasteiger partial charge in [-0.05, 0) is 30.7 Å². The molecule has 0 aromatic heterocycles. The van der Waals surface area contributed by atoms with E-state index in [1.165, 1.54) is 46.5 Å². The SMILES string of the molecule is COc1ccc(S(=O)(=O)N2CC[NH+](Cc3ccccc3C)CC2)cc1NC(C)=O. The first-order valence-electron chi connectivity index (χ1n) is 9.65. The van der Waals surface area contributed by atoms with Crippen LogP contribution in [0.3, 0.4) is 0 Å². The number of anilines is 1. The maximum Gasteiger partial charge on any atom is 0.243 e. The first-order chi connectivity index (χ1) is 13.8. The molecular weight excluding hydrogens is 390 g/mol. The zero-order valence-electron chi connectivity index (χ0n) is 17.1. The summed E-state index contributed by atoms with van der Waals surface area (Å²) >= 11 is 0. The molecule has 0 atom stereocenters. The van der Waals surface area contributed by atoms with E-state index in [0.29, 0.717) is 24.5 Å². The Morgan fingerprint density at radius 3 is 2.48 bits per heavy atom. The molecule has 1 fully saturated rings. The van der Waals surface area contributed by atoms with E-state index in [-0.39, 0.29) is 10.8 Å². The maximum absolute atomic E-state index is 13.1. The number of benzene rings is 2. The smallest absolute Gasteiger partial charge is 0.243 e. The molecule has 2 N–H and O–H groups in total. The Bertz CT molecular complexity index is 983. The van der Waals surface area contributed by atoms with Crippen molar-refractivity contribution in [3.63, 3.8) is 0 Å². The van der Waals surface area contributed by atoms with E-state index >= 15 is 0 Å². The minimum atomic E-state index is -3.64. The lowest BCUT2D eigenvalue weighted by Crippen LogP contribution is -3.13. The van der Waals surface area contributed by atoms with Gasteiger partial charge in [0.15, 0.2) is 0 Å². The van der Waals surface area contributed by atoms with Gasteiger partial charge in [-0.25, -0.2) is 8.42 Å². The third-order valence-corrected chi connectivity index (χ3v) is 7.15. The highest BCUT2D eigenvalue weighted by atomic mass is 32.2. The quantitative estimate of drug-likeness (QED) is 0.735. The van der Waals surface area contributed by atoms with E-state index in [1.807, 2.05) is 12.1 Å². The summed E-state index contributed by atoms with van der Waals surface area (Å²) in [5.74, 6) is 0.137. The molecule has 1 amide bonds. The fourth-order valence-electron chi connectivity index (χ4n) is 3.58. The van der Waals surface area contributed by atoms with Crippen LogP contribution >= 0.6 is 0 Å². The van der Waals surface area contributed by atoms with Crippen LogP contribution in [-0.4, -0.2) is 51.9 Å². The van der Waals surface area contributed by atoms with Crippen molar-refractivity contribution in [2.75, 3.05) is 38.6 Å². The first-order valence-corrected chi connectivity index (χ1v) is 11.1. The predicted octanol–water partition coefficient (Wildman–Crippen LogP) is 1.05. The molecule has 7 nitrogen and oxygen atoms in total. The highest BCUT2D eigenvalue weighted by molar-refractivity contribution is 7.89. The van der Waals surface area contributed by atoms with Crippen LogP contribution in [0.5, 0.6) is 5.75 Å². The molecular formula is C21H28N3O4S+. The fraction of sp³-hybridized carbons (Fsp3) is 0.381. The molecule has 1 aliphatic heterocycles. The monoisotopic (exact) mass is 418 g/mol. The van der Waals surface area contributed by atoms with Gasteiger partial charge in [-0.1, -0.05) is 24.3 Å². The molecule has 29 heavy (non-hydrogen) atoms. The number of methoxy groups -OCH3 is 1. The summed E-state index contributed by atoms with van der Waals surface area (Å²) in [5.41, 5.74) is 2.91. The number of piperazine rings is 1. The van der Waals surface area contributed by atoms with Crippen molar-refractivity contribution in [3.8, 4) is 5.75 Å². The zero-order valence-corrected chi connectivity index (χ0v) is 17.9. The Balaban J connectivity index is 1.71. The molecule has 1 heterocycles. The topological polar surface area (TPSA) is 80.2 Å². The highest BCUT2D eigenvalue weighted by Gasteiger charge is 2.31. The normalized spacial score (nSPS) is 15.8. The van der Waals surface area contributed by atoms with E-state index in [4.69, 9.17) is 4.74 Å². The molecule has 1 aliphatic rings. The van der Waals surface area contributed by atoms with Crippen LogP contribution in [-0.2, 0) is 21.4 Å². The third kappa shape index (κ3) is 4.95. The van der Waals surface area contributed by atoms with Gasteiger partial charge in [-0.3, -0.25) is 4.79 Å². The lowest BCUT2D eigenvalue weighted by atomic mass is 10.1. The van der Waals surface area contributed by atoms with Crippen molar-refractivity contribution < 1.29 is 22.8 Å². The van der Waals surface area contributed by atoms with E-state index in [2.05, 4.69) is 24.4 Å². The average molecular weight is 419 g/mol. The van der Waals surface area contributed by atoms with Crippen molar-refractivity contribution in [2.45, 2.75) is 25.3 Å². The molecule has 3 rings (SSSR count). The summed E-state index contributed by atoms with van der Waals surface area (Å²) in [6.45, 7) is 6.80. The van der Waals surface area contributed by atoms with Gasteiger partial charge >= 0.3 is 0 Å². The van der Waals surface area contributed by atoms with E-state index in [9.17, 15) is 13.2 Å². The fourth-order valence-corrected chi connectivity index (χ4v) is 5.05. The van der Waals surface area contributed by atoms with Gasteiger partial charge in [0.25, 0.3) is 0 Å². The highest BCUT2D eigenvalue weighted by Crippen LogP contribution is 2.29. The number of amides is 1. The van der Waals surface area contributed by atoms with Crippen LogP contribution in [0.25, 0.3) is 0 Å². The summed E-state index contributed by atoms with van der Waals surface area (Å²) in [4.78, 5) is 13.0. The number of hydrogen-bond donors (Lipinski definition) is 2. The van der Waals surface area contributed by atoms with Gasteiger partial charge in [-0.15, -0.1) is 0 Å². The molecule has 1 saturated heterocycles. The van der Waals surface area contributed by atoms with E-state index < -0.39 is 10.0 Å². The number of rotatable bonds is 6. The molecule has 0 spiro atoms. The molecule has 2 aromatic rings. The molecule has 0 saturated carbocycles. The van der Waals surface area contributed by atoms with Crippen LogP contribution in [0.2, 0.25) is 0 Å². The molecule has 156 valence electrons. The number of sulfonamides is 1. The van der Waals surface area contributed by atoms with Crippen molar-refractivity contribution in [2.24, 2.45) is 0 Å². The van der Waals surface area contributed by atoms with Crippen LogP contribution in [0.15, 0.2) is 47.4 Å². The molecule has 0 aliphatic carbocycles. The van der Waals surface area contributed by atoms with Gasteiger partial charge in [0.1, 0.15) is 12.3 Å². The number of aryl methyl sites for hydroxylation is 1. The predicted molar refractivity (Wildman–Crippen MR) is 112 cm³/mol. The Kier molecular flexibility index (Phi) is 6.56. The number of carbonyl (C=O) groups is 1. The Labute approximate surface area is 172 Å². The number of nitrogens with one attached hydrogen (secondary N) is 2. The second-order valence-electron chi connectivity index (χ2n) is 7.30. The average Bonchev–Trinajstić information content (AvgIpc) is 2.69. The number of hydrogen-bond acceptors (Lipinski definition) is 4.